The molecular formula is C24H16BeO3. The van der Waals surface area contributed by atoms with Gasteiger partial charge in [-0.15, -0.1) is 0 Å². The quantitative estimate of drug-likeness (QED) is 0.500. The van der Waals surface area contributed by atoms with Crippen LogP contribution in [0.2, 0.25) is 0 Å². The van der Waals surface area contributed by atoms with Gasteiger partial charge >= 0.3 is 10.1 Å². The third kappa shape index (κ3) is 4.06. The molecule has 0 fully saturated rings. The van der Waals surface area contributed by atoms with Gasteiger partial charge in [0.15, 0.2) is 0 Å². The minimum atomic E-state index is -0.265. The summed E-state index contributed by atoms with van der Waals surface area (Å²) in [5.41, 5.74) is 3.67. The van der Waals surface area contributed by atoms with Crippen molar-refractivity contribution >= 4 is 10.1 Å². The van der Waals surface area contributed by atoms with E-state index in [0.717, 1.165) is 22.3 Å². The number of benzene rings is 4. The van der Waals surface area contributed by atoms with Crippen LogP contribution < -0.4 is 14.9 Å². The fourth-order valence-electron chi connectivity index (χ4n) is 2.91. The molecule has 3 nitrogen and oxygen atoms in total. The first-order valence-corrected chi connectivity index (χ1v) is 8.61. The molecule has 0 aromatic heterocycles. The summed E-state index contributed by atoms with van der Waals surface area (Å²) in [4.78, 5) is 0. The zero-order valence-electron chi connectivity index (χ0n) is 15.2. The van der Waals surface area contributed by atoms with Gasteiger partial charge in [-0.25, -0.2) is 0 Å². The van der Waals surface area contributed by atoms with Gasteiger partial charge in [0.2, 0.25) is 0 Å². The van der Waals surface area contributed by atoms with E-state index in [4.69, 9.17) is 4.74 Å². The molecule has 28 heavy (non-hydrogen) atoms. The van der Waals surface area contributed by atoms with E-state index < -0.39 is 0 Å². The summed E-state index contributed by atoms with van der Waals surface area (Å²) in [6, 6.07) is 29.2. The summed E-state index contributed by atoms with van der Waals surface area (Å²) >= 11 is 0. The van der Waals surface area contributed by atoms with Gasteiger partial charge in [0.1, 0.15) is 11.5 Å². The van der Waals surface area contributed by atoms with Crippen molar-refractivity contribution in [3.8, 4) is 45.3 Å². The predicted octanol–water partition coefficient (Wildman–Crippen LogP) is 4.58. The average Bonchev–Trinajstić information content (AvgIpc) is 2.72. The van der Waals surface area contributed by atoms with Crippen molar-refractivity contribution in [2.45, 2.75) is 0 Å². The van der Waals surface area contributed by atoms with E-state index in [9.17, 15) is 10.2 Å². The Kier molecular flexibility index (Phi) is 5.78. The van der Waals surface area contributed by atoms with Gasteiger partial charge < -0.3 is 14.9 Å². The van der Waals surface area contributed by atoms with Gasteiger partial charge in [0.25, 0.3) is 0 Å². The molecule has 0 aliphatic heterocycles. The molecule has 0 saturated heterocycles. The monoisotopic (exact) mass is 361 g/mol. The van der Waals surface area contributed by atoms with Crippen molar-refractivity contribution in [3.05, 3.63) is 97.1 Å². The molecular weight excluding hydrogens is 345 g/mol. The van der Waals surface area contributed by atoms with Crippen molar-refractivity contribution in [1.29, 1.82) is 0 Å². The molecule has 132 valence electrons. The first-order chi connectivity index (χ1) is 13.2. The Bertz CT molecular complexity index is 977. The van der Waals surface area contributed by atoms with E-state index in [1.807, 2.05) is 60.7 Å². The van der Waals surface area contributed by atoms with Gasteiger partial charge in [-0.3, -0.25) is 0 Å². The standard InChI is InChI=1S/C24H18O3.Be/c25-21-13-11-19(17-7-3-1-4-8-17)15-23(21)27-24-16-20(12-14-22(24)26)18-9-5-2-6-10-18;/h1-16,25-26H;/q;+2/p-2. The number of rotatable bonds is 4. The van der Waals surface area contributed by atoms with Crippen LogP contribution in [0.25, 0.3) is 22.3 Å². The van der Waals surface area contributed by atoms with E-state index in [-0.39, 0.29) is 33.1 Å². The zero-order valence-corrected chi connectivity index (χ0v) is 15.2. The van der Waals surface area contributed by atoms with Gasteiger partial charge in [-0.05, 0) is 34.4 Å². The molecule has 0 amide bonds. The summed E-state index contributed by atoms with van der Waals surface area (Å²) in [6.07, 6.45) is 0. The fourth-order valence-corrected chi connectivity index (χ4v) is 2.91. The minimum absolute atomic E-state index is 0. The van der Waals surface area contributed by atoms with Crippen molar-refractivity contribution < 1.29 is 14.9 Å². The molecule has 4 aromatic carbocycles. The Morgan fingerprint density at radius 1 is 0.464 bits per heavy atom. The molecule has 0 atom stereocenters. The smallest absolute Gasteiger partial charge is 0.870 e. The van der Waals surface area contributed by atoms with Gasteiger partial charge in [-0.2, -0.15) is 0 Å². The topological polar surface area (TPSA) is 55.3 Å². The summed E-state index contributed by atoms with van der Waals surface area (Å²) in [6.45, 7) is 0. The molecule has 0 N–H and O–H groups in total. The molecule has 0 spiro atoms. The van der Waals surface area contributed by atoms with Crippen LogP contribution in [-0.2, 0) is 0 Å². The van der Waals surface area contributed by atoms with E-state index >= 15 is 0 Å². The van der Waals surface area contributed by atoms with Crippen LogP contribution in [0.15, 0.2) is 97.1 Å². The molecule has 4 rings (SSSR count). The minimum Gasteiger partial charge on any atom is -0.870 e. The fraction of sp³-hybridized carbons (Fsp3) is 0. The largest absolute Gasteiger partial charge is 2.00 e. The van der Waals surface area contributed by atoms with Crippen molar-refractivity contribution in [3.63, 3.8) is 0 Å². The van der Waals surface area contributed by atoms with E-state index in [1.54, 1.807) is 24.3 Å². The van der Waals surface area contributed by atoms with Gasteiger partial charge in [0.05, 0.1) is 0 Å². The SMILES string of the molecule is [Be+2].[O-]c1ccc(-c2ccccc2)cc1Oc1cc(-c2ccccc2)ccc1[O-]. The molecule has 0 radical (unpaired) electrons. The molecule has 0 bridgehead atoms. The Labute approximate surface area is 167 Å². The summed E-state index contributed by atoms with van der Waals surface area (Å²) in [7, 11) is 0. The van der Waals surface area contributed by atoms with Crippen LogP contribution in [-0.4, -0.2) is 10.1 Å². The van der Waals surface area contributed by atoms with Crippen LogP contribution in [0.3, 0.4) is 0 Å². The Balaban J connectivity index is 0.00000225. The molecule has 0 heterocycles. The Morgan fingerprint density at radius 3 is 1.25 bits per heavy atom. The number of hydrogen-bond donors (Lipinski definition) is 0. The van der Waals surface area contributed by atoms with Crippen molar-refractivity contribution in [2.75, 3.05) is 0 Å². The van der Waals surface area contributed by atoms with E-state index in [0.29, 0.717) is 0 Å². The van der Waals surface area contributed by atoms with E-state index in [2.05, 4.69) is 0 Å². The third-order valence-electron chi connectivity index (χ3n) is 4.32. The molecule has 4 heteroatoms. The van der Waals surface area contributed by atoms with Gasteiger partial charge in [-0.1, -0.05) is 96.4 Å². The molecule has 0 saturated carbocycles. The van der Waals surface area contributed by atoms with Crippen LogP contribution >= 0.6 is 0 Å². The van der Waals surface area contributed by atoms with Crippen LogP contribution in [0, 0.1) is 0 Å². The Morgan fingerprint density at radius 2 is 0.857 bits per heavy atom. The van der Waals surface area contributed by atoms with Crippen LogP contribution in [0.4, 0.5) is 0 Å². The summed E-state index contributed by atoms with van der Waals surface area (Å²) in [5, 5.41) is 24.5. The molecule has 0 aliphatic carbocycles. The summed E-state index contributed by atoms with van der Waals surface area (Å²) in [5.74, 6) is -0.254. The average molecular weight is 361 g/mol. The van der Waals surface area contributed by atoms with Crippen molar-refractivity contribution in [1.82, 2.24) is 0 Å². The second-order valence-corrected chi connectivity index (χ2v) is 6.16. The second kappa shape index (κ2) is 8.43. The van der Waals surface area contributed by atoms with E-state index in [1.165, 1.54) is 12.1 Å². The first-order valence-electron chi connectivity index (χ1n) is 8.61. The maximum atomic E-state index is 12.2. The predicted molar refractivity (Wildman–Crippen MR) is 108 cm³/mol. The van der Waals surface area contributed by atoms with Gasteiger partial charge in [0, 0.05) is 0 Å². The zero-order chi connectivity index (χ0) is 18.6. The molecule has 4 aromatic rings. The summed E-state index contributed by atoms with van der Waals surface area (Å²) < 4.78 is 5.74. The number of ether oxygens (including phenoxy) is 1. The van der Waals surface area contributed by atoms with Crippen molar-refractivity contribution in [2.24, 2.45) is 0 Å². The third-order valence-corrected chi connectivity index (χ3v) is 4.32. The molecule has 0 aliphatic rings. The van der Waals surface area contributed by atoms with Crippen LogP contribution in [0.1, 0.15) is 0 Å². The number of hydrogen-bond acceptors (Lipinski definition) is 3. The Hall–Kier alpha value is -3.55. The second-order valence-electron chi connectivity index (χ2n) is 6.16. The molecule has 0 unspecified atom stereocenters. The maximum Gasteiger partial charge on any atom is 2.00 e. The normalized spacial score (nSPS) is 10.1. The maximum absolute atomic E-state index is 12.2. The van der Waals surface area contributed by atoms with Crippen LogP contribution in [0.5, 0.6) is 23.0 Å². The first kappa shape index (κ1) is 19.2.